The molecule has 3 rings (SSSR count). The number of para-hydroxylation sites is 1. The minimum atomic E-state index is -3.67. The van der Waals surface area contributed by atoms with E-state index < -0.39 is 28.0 Å². The third-order valence-electron chi connectivity index (χ3n) is 5.39. The van der Waals surface area contributed by atoms with Crippen molar-refractivity contribution in [2.45, 2.75) is 38.7 Å². The molecule has 0 saturated heterocycles. The molecule has 1 amide bonds. The zero-order chi connectivity index (χ0) is 25.2. The van der Waals surface area contributed by atoms with Gasteiger partial charge in [0.2, 0.25) is 10.0 Å². The fourth-order valence-corrected chi connectivity index (χ4v) is 4.30. The zero-order valence-corrected chi connectivity index (χ0v) is 20.8. The van der Waals surface area contributed by atoms with Gasteiger partial charge in [-0.05, 0) is 57.5 Å². The van der Waals surface area contributed by atoms with E-state index in [4.69, 9.17) is 4.74 Å². The number of hydrogen-bond acceptors (Lipinski definition) is 6. The van der Waals surface area contributed by atoms with Gasteiger partial charge in [-0.25, -0.2) is 22.2 Å². The van der Waals surface area contributed by atoms with Crippen molar-refractivity contribution in [1.82, 2.24) is 14.1 Å². The molecule has 2 aromatic carbocycles. The van der Waals surface area contributed by atoms with E-state index >= 15 is 0 Å². The van der Waals surface area contributed by atoms with Gasteiger partial charge in [-0.1, -0.05) is 24.3 Å². The van der Waals surface area contributed by atoms with Gasteiger partial charge in [0.15, 0.2) is 6.10 Å². The molecule has 10 heteroatoms. The smallest absolute Gasteiger partial charge is 0.342 e. The fourth-order valence-electron chi connectivity index (χ4n) is 3.37. The molecule has 0 bridgehead atoms. The zero-order valence-electron chi connectivity index (χ0n) is 20.0. The van der Waals surface area contributed by atoms with Gasteiger partial charge in [-0.3, -0.25) is 4.79 Å². The lowest BCUT2D eigenvalue weighted by molar-refractivity contribution is -0.123. The second-order valence-electron chi connectivity index (χ2n) is 8.09. The molecule has 9 nitrogen and oxygen atoms in total. The highest BCUT2D eigenvalue weighted by atomic mass is 32.2. The van der Waals surface area contributed by atoms with Crippen LogP contribution in [0.3, 0.4) is 0 Å². The molecule has 0 aliphatic carbocycles. The number of carbonyl (C=O) groups excluding carboxylic acids is 2. The first kappa shape index (κ1) is 25.1. The first-order valence-corrected chi connectivity index (χ1v) is 12.0. The summed E-state index contributed by atoms with van der Waals surface area (Å²) in [5.41, 5.74) is 3.16. The monoisotopic (exact) mass is 484 g/mol. The van der Waals surface area contributed by atoms with E-state index in [9.17, 15) is 18.0 Å². The largest absolute Gasteiger partial charge is 0.449 e. The average molecular weight is 485 g/mol. The molecule has 0 aliphatic heterocycles. The number of benzene rings is 2. The van der Waals surface area contributed by atoms with E-state index in [0.717, 1.165) is 9.99 Å². The van der Waals surface area contributed by atoms with Crippen molar-refractivity contribution in [2.24, 2.45) is 0 Å². The molecule has 180 valence electrons. The SMILES string of the molecule is Cc1ccc(S(=O)(=O)N(C)C)cc1NC(=O)C(C)OC(=O)c1c(C)nn(-c2ccccc2)c1C. The maximum Gasteiger partial charge on any atom is 0.342 e. The molecular weight excluding hydrogens is 456 g/mol. The van der Waals surface area contributed by atoms with Crippen LogP contribution in [0, 0.1) is 20.8 Å². The van der Waals surface area contributed by atoms with E-state index in [0.29, 0.717) is 28.2 Å². The third-order valence-corrected chi connectivity index (χ3v) is 7.21. The van der Waals surface area contributed by atoms with E-state index in [2.05, 4.69) is 10.4 Å². The van der Waals surface area contributed by atoms with Crippen LogP contribution in [0.1, 0.15) is 34.2 Å². The molecule has 1 aromatic heterocycles. The summed E-state index contributed by atoms with van der Waals surface area (Å²) in [5, 5.41) is 7.09. The first-order chi connectivity index (χ1) is 15.9. The molecule has 34 heavy (non-hydrogen) atoms. The Morgan fingerprint density at radius 3 is 2.32 bits per heavy atom. The number of aromatic nitrogens is 2. The van der Waals surface area contributed by atoms with Crippen molar-refractivity contribution in [2.75, 3.05) is 19.4 Å². The molecule has 1 unspecified atom stereocenters. The Kier molecular flexibility index (Phi) is 7.23. The summed E-state index contributed by atoms with van der Waals surface area (Å²) in [6, 6.07) is 13.8. The molecule has 3 aromatic rings. The van der Waals surface area contributed by atoms with Crippen LogP contribution < -0.4 is 5.32 Å². The summed E-state index contributed by atoms with van der Waals surface area (Å²) in [6.07, 6.45) is -1.13. The lowest BCUT2D eigenvalue weighted by Gasteiger charge is -2.17. The normalized spacial score (nSPS) is 12.4. The average Bonchev–Trinajstić information content (AvgIpc) is 3.09. The highest BCUT2D eigenvalue weighted by Gasteiger charge is 2.26. The van der Waals surface area contributed by atoms with Crippen molar-refractivity contribution >= 4 is 27.6 Å². The number of anilines is 1. The van der Waals surface area contributed by atoms with Crippen LogP contribution in [0.2, 0.25) is 0 Å². The van der Waals surface area contributed by atoms with Crippen LogP contribution in [-0.2, 0) is 19.6 Å². The lowest BCUT2D eigenvalue weighted by atomic mass is 10.2. The third kappa shape index (κ3) is 5.02. The second-order valence-corrected chi connectivity index (χ2v) is 10.2. The summed E-state index contributed by atoms with van der Waals surface area (Å²) >= 11 is 0. The number of ether oxygens (including phenoxy) is 1. The van der Waals surface area contributed by atoms with Gasteiger partial charge >= 0.3 is 5.97 Å². The molecule has 0 fully saturated rings. The topological polar surface area (TPSA) is 111 Å². The lowest BCUT2D eigenvalue weighted by Crippen LogP contribution is -2.30. The summed E-state index contributed by atoms with van der Waals surface area (Å²) in [5.74, 6) is -1.25. The molecule has 0 aliphatic rings. The number of rotatable bonds is 7. The van der Waals surface area contributed by atoms with E-state index in [-0.39, 0.29) is 4.90 Å². The van der Waals surface area contributed by atoms with Crippen molar-refractivity contribution < 1.29 is 22.7 Å². The maximum absolute atomic E-state index is 12.9. The van der Waals surface area contributed by atoms with Gasteiger partial charge < -0.3 is 10.1 Å². The Hall–Kier alpha value is -3.50. The van der Waals surface area contributed by atoms with Crippen LogP contribution in [0.25, 0.3) is 5.69 Å². The van der Waals surface area contributed by atoms with Crippen LogP contribution >= 0.6 is 0 Å². The van der Waals surface area contributed by atoms with Gasteiger partial charge in [-0.15, -0.1) is 0 Å². The summed E-state index contributed by atoms with van der Waals surface area (Å²) in [7, 11) is -0.811. The first-order valence-electron chi connectivity index (χ1n) is 10.6. The quantitative estimate of drug-likeness (QED) is 0.516. The highest BCUT2D eigenvalue weighted by molar-refractivity contribution is 7.89. The van der Waals surface area contributed by atoms with E-state index in [1.165, 1.54) is 33.2 Å². The Bertz CT molecular complexity index is 1330. The molecule has 1 heterocycles. The highest BCUT2D eigenvalue weighted by Crippen LogP contribution is 2.23. The molecule has 0 saturated carbocycles. The Morgan fingerprint density at radius 1 is 1.06 bits per heavy atom. The van der Waals surface area contributed by atoms with Gasteiger partial charge in [0.1, 0.15) is 5.56 Å². The predicted octanol–water partition coefficient (Wildman–Crippen LogP) is 3.23. The Labute approximate surface area is 199 Å². The van der Waals surface area contributed by atoms with E-state index in [1.807, 2.05) is 30.3 Å². The predicted molar refractivity (Wildman–Crippen MR) is 129 cm³/mol. The number of carbonyl (C=O) groups is 2. The van der Waals surface area contributed by atoms with Crippen LogP contribution in [0.15, 0.2) is 53.4 Å². The minimum Gasteiger partial charge on any atom is -0.449 e. The number of nitrogens with zero attached hydrogens (tertiary/aromatic N) is 3. The standard InChI is InChI=1S/C24H28N4O5S/c1-15-12-13-20(34(31,32)27(5)6)14-21(15)25-23(29)18(4)33-24(30)22-16(2)26-28(17(22)3)19-10-8-7-9-11-19/h7-14,18H,1-6H3,(H,25,29). The van der Waals surface area contributed by atoms with Crippen molar-refractivity contribution in [3.8, 4) is 5.69 Å². The van der Waals surface area contributed by atoms with Crippen LogP contribution in [-0.4, -0.2) is 54.6 Å². The number of hydrogen-bond donors (Lipinski definition) is 1. The number of amides is 1. The van der Waals surface area contributed by atoms with Crippen LogP contribution in [0.4, 0.5) is 5.69 Å². The fraction of sp³-hybridized carbons (Fsp3) is 0.292. The second kappa shape index (κ2) is 9.78. The summed E-state index contributed by atoms with van der Waals surface area (Å²) in [6.45, 7) is 6.65. The van der Waals surface area contributed by atoms with Gasteiger partial charge in [0.05, 0.1) is 22.0 Å². The molecular formula is C24H28N4O5S. The van der Waals surface area contributed by atoms with Gasteiger partial charge in [-0.2, -0.15) is 5.10 Å². The number of nitrogens with one attached hydrogen (secondary N) is 1. The van der Waals surface area contributed by atoms with Crippen molar-refractivity contribution in [3.63, 3.8) is 0 Å². The molecule has 1 N–H and O–H groups in total. The number of aryl methyl sites for hydroxylation is 2. The summed E-state index contributed by atoms with van der Waals surface area (Å²) in [4.78, 5) is 25.7. The maximum atomic E-state index is 12.9. The van der Waals surface area contributed by atoms with Crippen molar-refractivity contribution in [3.05, 3.63) is 71.0 Å². The molecule has 0 spiro atoms. The number of sulfonamides is 1. The minimum absolute atomic E-state index is 0.0441. The van der Waals surface area contributed by atoms with Crippen molar-refractivity contribution in [1.29, 1.82) is 0 Å². The summed E-state index contributed by atoms with van der Waals surface area (Å²) < 4.78 is 33.0. The van der Waals surface area contributed by atoms with Gasteiger partial charge in [0, 0.05) is 19.8 Å². The molecule has 0 radical (unpaired) electrons. The number of esters is 1. The Morgan fingerprint density at radius 2 is 1.71 bits per heavy atom. The van der Waals surface area contributed by atoms with Crippen LogP contribution in [0.5, 0.6) is 0 Å². The van der Waals surface area contributed by atoms with E-state index in [1.54, 1.807) is 31.5 Å². The Balaban J connectivity index is 1.77. The van der Waals surface area contributed by atoms with Gasteiger partial charge in [0.25, 0.3) is 5.91 Å². The molecule has 1 atom stereocenters.